The Morgan fingerprint density at radius 2 is 1.04 bits per heavy atom. The first-order valence-electron chi connectivity index (χ1n) is 21.7. The molecule has 308 valence electrons. The van der Waals surface area contributed by atoms with Crippen molar-refractivity contribution in [2.45, 2.75) is 206 Å². The number of unbranched alkanes of at least 4 members (excludes halogenated alkanes) is 24. The first-order valence-corrected chi connectivity index (χ1v) is 23.2. The molecule has 0 spiro atoms. The molecule has 0 bridgehead atoms. The number of nitrogens with one attached hydrogen (secondary N) is 1. The van der Waals surface area contributed by atoms with E-state index in [9.17, 15) is 19.4 Å². The number of aliphatic hydroxyl groups excluding tert-OH is 1. The van der Waals surface area contributed by atoms with E-state index in [1.807, 2.05) is 27.2 Å². The number of allylic oxidation sites excluding steroid dienone is 3. The molecule has 0 aliphatic rings. The summed E-state index contributed by atoms with van der Waals surface area (Å²) in [6.07, 6.45) is 41.0. The lowest BCUT2D eigenvalue weighted by molar-refractivity contribution is -0.870. The molecule has 0 rings (SSSR count). The monoisotopic (exact) mass is 758 g/mol. The molecule has 0 aliphatic carbocycles. The van der Waals surface area contributed by atoms with E-state index in [2.05, 4.69) is 31.3 Å². The van der Waals surface area contributed by atoms with Crippen molar-refractivity contribution in [1.82, 2.24) is 5.32 Å². The van der Waals surface area contributed by atoms with Crippen LogP contribution in [0.15, 0.2) is 24.3 Å². The van der Waals surface area contributed by atoms with Crippen molar-refractivity contribution in [3.05, 3.63) is 24.3 Å². The Hall–Kier alpha value is -1.02. The zero-order valence-corrected chi connectivity index (χ0v) is 35.7. The second-order valence-corrected chi connectivity index (χ2v) is 17.5. The summed E-state index contributed by atoms with van der Waals surface area (Å²) >= 11 is 0. The maximum Gasteiger partial charge on any atom is 0.472 e. The van der Waals surface area contributed by atoms with Crippen molar-refractivity contribution in [1.29, 1.82) is 0 Å². The Balaban J connectivity index is 4.46. The average molecular weight is 758 g/mol. The smallest absolute Gasteiger partial charge is 0.387 e. The number of quaternary nitrogens is 1. The van der Waals surface area contributed by atoms with Crippen LogP contribution in [-0.4, -0.2) is 73.4 Å². The summed E-state index contributed by atoms with van der Waals surface area (Å²) in [6, 6.07) is -0.850. The molecule has 0 aromatic heterocycles. The minimum absolute atomic E-state index is 0.0598. The van der Waals surface area contributed by atoms with Crippen LogP contribution in [0.1, 0.15) is 194 Å². The van der Waals surface area contributed by atoms with Gasteiger partial charge in [-0.15, -0.1) is 0 Å². The molecule has 0 heterocycles. The summed E-state index contributed by atoms with van der Waals surface area (Å²) in [5.74, 6) is -0.194. The number of carbonyl (C=O) groups is 1. The predicted octanol–water partition coefficient (Wildman–Crippen LogP) is 11.7. The lowest BCUT2D eigenvalue weighted by atomic mass is 10.0. The highest BCUT2D eigenvalue weighted by Crippen LogP contribution is 2.43. The van der Waals surface area contributed by atoms with Gasteiger partial charge in [-0.05, 0) is 44.9 Å². The van der Waals surface area contributed by atoms with E-state index in [-0.39, 0.29) is 19.1 Å². The fraction of sp³-hybridized carbons (Fsp3) is 0.884. The molecule has 8 nitrogen and oxygen atoms in total. The first-order chi connectivity index (χ1) is 25.0. The lowest BCUT2D eigenvalue weighted by Crippen LogP contribution is -2.45. The summed E-state index contributed by atoms with van der Waals surface area (Å²) in [5.41, 5.74) is 0. The number of amides is 1. The Morgan fingerprint density at radius 3 is 1.48 bits per heavy atom. The molecule has 0 aromatic carbocycles. The second-order valence-electron chi connectivity index (χ2n) is 16.1. The molecule has 3 atom stereocenters. The van der Waals surface area contributed by atoms with E-state index in [1.165, 1.54) is 122 Å². The predicted molar refractivity (Wildman–Crippen MR) is 221 cm³/mol. The molecule has 0 saturated heterocycles. The molecule has 0 saturated carbocycles. The highest BCUT2D eigenvalue weighted by atomic mass is 31.2. The van der Waals surface area contributed by atoms with E-state index < -0.39 is 20.0 Å². The van der Waals surface area contributed by atoms with Crippen molar-refractivity contribution < 1.29 is 32.9 Å². The van der Waals surface area contributed by atoms with Gasteiger partial charge in [-0.25, -0.2) is 4.57 Å². The molecule has 3 unspecified atom stereocenters. The van der Waals surface area contributed by atoms with Crippen LogP contribution in [0.25, 0.3) is 0 Å². The largest absolute Gasteiger partial charge is 0.472 e. The third-order valence-corrected chi connectivity index (χ3v) is 10.6. The summed E-state index contributed by atoms with van der Waals surface area (Å²) in [5, 5.41) is 13.8. The fourth-order valence-electron chi connectivity index (χ4n) is 6.15. The van der Waals surface area contributed by atoms with Gasteiger partial charge in [-0.3, -0.25) is 13.8 Å². The number of nitrogens with zero attached hydrogens (tertiary/aromatic N) is 1. The minimum Gasteiger partial charge on any atom is -0.387 e. The van der Waals surface area contributed by atoms with Crippen LogP contribution in [0.4, 0.5) is 0 Å². The first kappa shape index (κ1) is 51.0. The molecule has 1 amide bonds. The average Bonchev–Trinajstić information content (AvgIpc) is 3.09. The zero-order valence-electron chi connectivity index (χ0n) is 34.8. The number of hydrogen-bond acceptors (Lipinski definition) is 5. The van der Waals surface area contributed by atoms with Crippen molar-refractivity contribution >= 4 is 13.7 Å². The molecule has 0 fully saturated rings. The van der Waals surface area contributed by atoms with Gasteiger partial charge < -0.3 is 19.8 Å². The van der Waals surface area contributed by atoms with E-state index in [0.29, 0.717) is 17.4 Å². The minimum atomic E-state index is -4.33. The van der Waals surface area contributed by atoms with Crippen LogP contribution in [0.2, 0.25) is 0 Å². The van der Waals surface area contributed by atoms with Crippen LogP contribution < -0.4 is 5.32 Å². The summed E-state index contributed by atoms with van der Waals surface area (Å²) in [6.45, 7) is 4.79. The Morgan fingerprint density at radius 1 is 0.635 bits per heavy atom. The van der Waals surface area contributed by atoms with E-state index in [0.717, 1.165) is 51.4 Å². The SMILES string of the molecule is CCCCCCCC/C=C\CCCCCC(=O)NC(COP(=O)(O)OCC[N+](C)(C)C)C(O)/C=C/CCCCCCCCCCCCCCCCC. The number of aliphatic hydroxyl groups is 1. The van der Waals surface area contributed by atoms with Crippen LogP contribution >= 0.6 is 7.82 Å². The van der Waals surface area contributed by atoms with Gasteiger partial charge in [0.05, 0.1) is 39.9 Å². The van der Waals surface area contributed by atoms with Crippen molar-refractivity contribution in [3.63, 3.8) is 0 Å². The molecule has 0 radical (unpaired) electrons. The summed E-state index contributed by atoms with van der Waals surface area (Å²) in [4.78, 5) is 23.0. The van der Waals surface area contributed by atoms with E-state index in [1.54, 1.807) is 6.08 Å². The molecule has 9 heteroatoms. The number of likely N-dealkylation sites (N-methyl/N-ethyl adjacent to an activating group) is 1. The van der Waals surface area contributed by atoms with Crippen LogP contribution in [0.5, 0.6) is 0 Å². The van der Waals surface area contributed by atoms with Gasteiger partial charge >= 0.3 is 7.82 Å². The molecular formula is C43H86N2O6P+. The maximum absolute atomic E-state index is 12.8. The summed E-state index contributed by atoms with van der Waals surface area (Å²) in [7, 11) is 1.56. The molecule has 0 aromatic rings. The van der Waals surface area contributed by atoms with Crippen molar-refractivity contribution in [2.24, 2.45) is 0 Å². The Kier molecular flexibility index (Phi) is 35.0. The van der Waals surface area contributed by atoms with Crippen molar-refractivity contribution in [2.75, 3.05) is 40.9 Å². The standard InChI is InChI=1S/C43H85N2O6P/c1-6-8-10-12-14-16-18-20-21-22-23-25-26-28-30-32-34-36-42(46)41(40-51-52(48,49)50-39-38-45(3,4)5)44-43(47)37-35-33-31-29-27-24-19-17-15-13-11-9-7-2/h24,27,34,36,41-42,46H,6-23,25-26,28-33,35,37-40H2,1-5H3,(H-,44,47,48,49)/p+1/b27-24-,36-34+. The highest BCUT2D eigenvalue weighted by molar-refractivity contribution is 7.47. The van der Waals surface area contributed by atoms with Crippen LogP contribution in [-0.2, 0) is 18.4 Å². The van der Waals surface area contributed by atoms with E-state index in [4.69, 9.17) is 9.05 Å². The van der Waals surface area contributed by atoms with Crippen LogP contribution in [0, 0.1) is 0 Å². The van der Waals surface area contributed by atoms with Gasteiger partial charge in [0, 0.05) is 6.42 Å². The third-order valence-electron chi connectivity index (χ3n) is 9.67. The molecular weight excluding hydrogens is 671 g/mol. The number of rotatable bonds is 39. The number of hydrogen-bond donors (Lipinski definition) is 3. The van der Waals surface area contributed by atoms with Gasteiger partial charge in [-0.1, -0.05) is 167 Å². The second kappa shape index (κ2) is 35.7. The van der Waals surface area contributed by atoms with Crippen LogP contribution in [0.3, 0.4) is 0 Å². The zero-order chi connectivity index (χ0) is 38.6. The number of carbonyl (C=O) groups excluding carboxylic acids is 1. The molecule has 3 N–H and O–H groups in total. The number of phosphoric ester groups is 1. The Labute approximate surface area is 322 Å². The number of phosphoric acid groups is 1. The normalized spacial score (nSPS) is 14.7. The quantitative estimate of drug-likeness (QED) is 0.0250. The fourth-order valence-corrected chi connectivity index (χ4v) is 6.89. The van der Waals surface area contributed by atoms with Gasteiger partial charge in [0.2, 0.25) is 5.91 Å². The highest BCUT2D eigenvalue weighted by Gasteiger charge is 2.27. The molecule has 52 heavy (non-hydrogen) atoms. The molecule has 0 aliphatic heterocycles. The van der Waals surface area contributed by atoms with Crippen molar-refractivity contribution in [3.8, 4) is 0 Å². The van der Waals surface area contributed by atoms with Gasteiger partial charge in [0.25, 0.3) is 0 Å². The summed E-state index contributed by atoms with van der Waals surface area (Å²) < 4.78 is 23.5. The topological polar surface area (TPSA) is 105 Å². The van der Waals surface area contributed by atoms with E-state index >= 15 is 0 Å². The van der Waals surface area contributed by atoms with Gasteiger partial charge in [0.1, 0.15) is 13.2 Å². The maximum atomic E-state index is 12.8. The Bertz CT molecular complexity index is 907. The van der Waals surface area contributed by atoms with Gasteiger partial charge in [-0.2, -0.15) is 0 Å². The van der Waals surface area contributed by atoms with Gasteiger partial charge in [0.15, 0.2) is 0 Å². The third kappa shape index (κ3) is 37.3. The lowest BCUT2D eigenvalue weighted by Gasteiger charge is -2.25.